The van der Waals surface area contributed by atoms with Crippen LogP contribution in [0.25, 0.3) is 0 Å². The van der Waals surface area contributed by atoms with Crippen LogP contribution < -0.4 is 0 Å². The van der Waals surface area contributed by atoms with E-state index in [2.05, 4.69) is 17.2 Å². The highest BCUT2D eigenvalue weighted by atomic mass is 32.1. The van der Waals surface area contributed by atoms with Crippen LogP contribution in [0.15, 0.2) is 4.40 Å². The summed E-state index contributed by atoms with van der Waals surface area (Å²) in [6, 6.07) is 0. The largest absolute Gasteiger partial charge is 0.248 e. The normalized spacial score (nSPS) is 31.0. The summed E-state index contributed by atoms with van der Waals surface area (Å²) in [7, 11) is 0. The molecule has 1 rings (SSSR count). The van der Waals surface area contributed by atoms with Crippen molar-refractivity contribution in [2.45, 2.75) is 31.6 Å². The lowest BCUT2D eigenvalue weighted by atomic mass is 9.87. The van der Waals surface area contributed by atoms with E-state index in [4.69, 9.17) is 0 Å². The molecule has 0 aromatic carbocycles. The Hall–Kier alpha value is -0.120. The minimum Gasteiger partial charge on any atom is -0.232 e. The molecular formula is C7H11F2NS. The van der Waals surface area contributed by atoms with Crippen molar-refractivity contribution >= 4 is 19.0 Å². The summed E-state index contributed by atoms with van der Waals surface area (Å²) in [5.41, 5.74) is 0. The van der Waals surface area contributed by atoms with Crippen molar-refractivity contribution in [2.75, 3.05) is 0 Å². The molecule has 0 aromatic heterocycles. The zero-order valence-corrected chi connectivity index (χ0v) is 7.03. The molecule has 1 atom stereocenters. The third-order valence-corrected chi connectivity index (χ3v) is 2.09. The molecule has 11 heavy (non-hydrogen) atoms. The van der Waals surface area contributed by atoms with Crippen molar-refractivity contribution in [3.63, 3.8) is 0 Å². The lowest BCUT2D eigenvalue weighted by molar-refractivity contribution is -0.0420. The summed E-state index contributed by atoms with van der Waals surface area (Å²) >= 11 is 3.61. The predicted octanol–water partition coefficient (Wildman–Crippen LogP) is 2.73. The Morgan fingerprint density at radius 2 is 2.27 bits per heavy atom. The first kappa shape index (κ1) is 8.97. The third-order valence-electron chi connectivity index (χ3n) is 1.96. The molecule has 4 heteroatoms. The summed E-state index contributed by atoms with van der Waals surface area (Å²) in [5, 5.41) is 0. The number of alkyl halides is 2. The van der Waals surface area contributed by atoms with E-state index in [-0.39, 0.29) is 18.8 Å². The first-order valence-electron chi connectivity index (χ1n) is 3.69. The highest BCUT2D eigenvalue weighted by Crippen LogP contribution is 2.35. The average molecular weight is 179 g/mol. The van der Waals surface area contributed by atoms with Crippen molar-refractivity contribution in [1.29, 1.82) is 0 Å². The second kappa shape index (κ2) is 3.52. The van der Waals surface area contributed by atoms with Crippen molar-refractivity contribution in [3.8, 4) is 0 Å². The van der Waals surface area contributed by atoms with Crippen LogP contribution in [0.1, 0.15) is 25.7 Å². The van der Waals surface area contributed by atoms with Gasteiger partial charge >= 0.3 is 0 Å². The average Bonchev–Trinajstić information content (AvgIpc) is 1.85. The van der Waals surface area contributed by atoms with Crippen LogP contribution in [-0.4, -0.2) is 12.1 Å². The minimum atomic E-state index is -2.47. The monoisotopic (exact) mass is 179 g/mol. The first-order valence-corrected chi connectivity index (χ1v) is 4.09. The Labute approximate surface area is 70.4 Å². The van der Waals surface area contributed by atoms with E-state index in [9.17, 15) is 8.78 Å². The Bertz CT molecular complexity index is 159. The molecular weight excluding hydrogens is 168 g/mol. The highest BCUT2D eigenvalue weighted by Gasteiger charge is 2.35. The van der Waals surface area contributed by atoms with E-state index < -0.39 is 5.92 Å². The molecule has 1 nitrogen and oxygen atoms in total. The van der Waals surface area contributed by atoms with E-state index in [1.165, 1.54) is 6.21 Å². The van der Waals surface area contributed by atoms with Gasteiger partial charge in [-0.2, -0.15) is 0 Å². The van der Waals surface area contributed by atoms with Crippen LogP contribution in [0.2, 0.25) is 0 Å². The SMILES string of the molecule is FC1(F)CCCC(/C=N/S)C1. The first-order chi connectivity index (χ1) is 5.14. The summed E-state index contributed by atoms with van der Waals surface area (Å²) in [4.78, 5) is 0. The quantitative estimate of drug-likeness (QED) is 0.469. The molecule has 1 aliphatic rings. The van der Waals surface area contributed by atoms with Crippen LogP contribution in [0.5, 0.6) is 0 Å². The summed E-state index contributed by atoms with van der Waals surface area (Å²) < 4.78 is 28.8. The topological polar surface area (TPSA) is 12.4 Å². The maximum absolute atomic E-state index is 12.7. The van der Waals surface area contributed by atoms with Gasteiger partial charge in [0.2, 0.25) is 5.92 Å². The molecule has 64 valence electrons. The summed E-state index contributed by atoms with van der Waals surface area (Å²) in [5.74, 6) is -2.55. The predicted molar refractivity (Wildman–Crippen MR) is 44.4 cm³/mol. The number of nitrogens with zero attached hydrogens (tertiary/aromatic N) is 1. The summed E-state index contributed by atoms with van der Waals surface area (Å²) in [6.45, 7) is 0. The van der Waals surface area contributed by atoms with Crippen molar-refractivity contribution in [2.24, 2.45) is 10.3 Å². The molecule has 0 bridgehead atoms. The molecule has 0 aromatic rings. The number of hydrogen-bond donors (Lipinski definition) is 1. The van der Waals surface area contributed by atoms with Gasteiger partial charge in [-0.1, -0.05) is 0 Å². The van der Waals surface area contributed by atoms with Gasteiger partial charge in [0.1, 0.15) is 0 Å². The molecule has 1 fully saturated rings. The van der Waals surface area contributed by atoms with Gasteiger partial charge in [-0.05, 0) is 25.7 Å². The van der Waals surface area contributed by atoms with E-state index in [1.54, 1.807) is 0 Å². The molecule has 0 aliphatic heterocycles. The number of halogens is 2. The fourth-order valence-corrected chi connectivity index (χ4v) is 1.62. The second-order valence-electron chi connectivity index (χ2n) is 2.98. The van der Waals surface area contributed by atoms with E-state index in [0.717, 1.165) is 6.42 Å². The van der Waals surface area contributed by atoms with Gasteiger partial charge in [0.05, 0.1) is 0 Å². The van der Waals surface area contributed by atoms with Crippen LogP contribution >= 0.6 is 12.8 Å². The zero-order valence-electron chi connectivity index (χ0n) is 6.13. The number of rotatable bonds is 1. The Kier molecular flexibility index (Phi) is 2.87. The number of hydrogen-bond acceptors (Lipinski definition) is 2. The maximum atomic E-state index is 12.7. The Balaban J connectivity index is 2.46. The lowest BCUT2D eigenvalue weighted by Crippen LogP contribution is -2.26. The highest BCUT2D eigenvalue weighted by molar-refractivity contribution is 7.78. The van der Waals surface area contributed by atoms with Crippen molar-refractivity contribution in [1.82, 2.24) is 0 Å². The Morgan fingerprint density at radius 3 is 2.82 bits per heavy atom. The van der Waals surface area contributed by atoms with Crippen LogP contribution in [0, 0.1) is 5.92 Å². The molecule has 0 N–H and O–H groups in total. The van der Waals surface area contributed by atoms with Gasteiger partial charge in [0.25, 0.3) is 0 Å². The molecule has 0 saturated heterocycles. The molecule has 0 heterocycles. The van der Waals surface area contributed by atoms with Gasteiger partial charge < -0.3 is 0 Å². The zero-order chi connectivity index (χ0) is 8.32. The van der Waals surface area contributed by atoms with Gasteiger partial charge in [-0.25, -0.2) is 13.2 Å². The molecule has 0 amide bonds. The standard InChI is InChI=1S/C7H11F2NS/c8-7(9)3-1-2-6(4-7)5-10-11/h5-6,11H,1-4H2/b10-5+. The third kappa shape index (κ3) is 2.77. The number of thiol groups is 1. The van der Waals surface area contributed by atoms with Gasteiger partial charge in [-0.15, -0.1) is 0 Å². The van der Waals surface area contributed by atoms with E-state index in [1.807, 2.05) is 0 Å². The fourth-order valence-electron chi connectivity index (χ4n) is 1.43. The van der Waals surface area contributed by atoms with Crippen LogP contribution in [0.4, 0.5) is 8.78 Å². The van der Waals surface area contributed by atoms with Crippen LogP contribution in [0.3, 0.4) is 0 Å². The van der Waals surface area contributed by atoms with Crippen LogP contribution in [-0.2, 0) is 0 Å². The van der Waals surface area contributed by atoms with Gasteiger partial charge in [0, 0.05) is 25.0 Å². The fraction of sp³-hybridized carbons (Fsp3) is 0.857. The smallest absolute Gasteiger partial charge is 0.232 e. The van der Waals surface area contributed by atoms with Gasteiger partial charge in [-0.3, -0.25) is 0 Å². The van der Waals surface area contributed by atoms with Crippen molar-refractivity contribution in [3.05, 3.63) is 0 Å². The van der Waals surface area contributed by atoms with E-state index in [0.29, 0.717) is 6.42 Å². The molecule has 1 aliphatic carbocycles. The molecule has 0 spiro atoms. The Morgan fingerprint density at radius 1 is 1.55 bits per heavy atom. The second-order valence-corrected chi connectivity index (χ2v) is 3.21. The molecule has 1 unspecified atom stereocenters. The van der Waals surface area contributed by atoms with Gasteiger partial charge in [0.15, 0.2) is 0 Å². The summed E-state index contributed by atoms with van der Waals surface area (Å²) in [6.07, 6.45) is 2.90. The molecule has 1 saturated carbocycles. The maximum Gasteiger partial charge on any atom is 0.248 e. The van der Waals surface area contributed by atoms with E-state index >= 15 is 0 Å². The lowest BCUT2D eigenvalue weighted by Gasteiger charge is -2.25. The van der Waals surface area contributed by atoms with Crippen molar-refractivity contribution < 1.29 is 8.78 Å². The minimum absolute atomic E-state index is 0.0317. The molecule has 0 radical (unpaired) electrons.